The number of nitrogens with zero attached hydrogens (tertiary/aromatic N) is 5. The largest absolute Gasteiger partial charge is 0.433 e. The van der Waals surface area contributed by atoms with E-state index in [0.717, 1.165) is 25.1 Å². The van der Waals surface area contributed by atoms with Gasteiger partial charge in [0.1, 0.15) is 5.69 Å². The molecular weight excluding hydrogens is 323 g/mol. The van der Waals surface area contributed by atoms with E-state index < -0.39 is 11.9 Å². The van der Waals surface area contributed by atoms with Crippen LogP contribution in [-0.2, 0) is 12.7 Å². The molecule has 2 aromatic heterocycles. The van der Waals surface area contributed by atoms with Crippen LogP contribution in [0.4, 0.5) is 19.1 Å². The Bertz CT molecular complexity index is 753. The van der Waals surface area contributed by atoms with Crippen molar-refractivity contribution in [2.45, 2.75) is 25.6 Å². The van der Waals surface area contributed by atoms with Gasteiger partial charge in [-0.3, -0.25) is 9.36 Å². The van der Waals surface area contributed by atoms with Gasteiger partial charge in [-0.05, 0) is 24.8 Å². The van der Waals surface area contributed by atoms with Crippen LogP contribution in [0.5, 0.6) is 0 Å². The Kier molecular flexibility index (Phi) is 4.50. The van der Waals surface area contributed by atoms with Crippen LogP contribution in [0.25, 0.3) is 0 Å². The molecule has 1 fully saturated rings. The van der Waals surface area contributed by atoms with Crippen molar-refractivity contribution in [3.8, 4) is 0 Å². The maximum atomic E-state index is 12.7. The molecule has 3 rings (SSSR count). The van der Waals surface area contributed by atoms with Gasteiger partial charge >= 0.3 is 6.18 Å². The molecule has 9 heteroatoms. The number of alkyl halides is 3. The molecule has 0 amide bonds. The molecule has 2 aromatic rings. The van der Waals surface area contributed by atoms with Crippen LogP contribution in [0.2, 0.25) is 0 Å². The number of hydrogen-bond acceptors (Lipinski definition) is 5. The molecular formula is C15H16F3N5O. The fourth-order valence-electron chi connectivity index (χ4n) is 2.77. The van der Waals surface area contributed by atoms with Gasteiger partial charge < -0.3 is 4.90 Å². The first-order valence-electron chi connectivity index (χ1n) is 7.59. The molecule has 24 heavy (non-hydrogen) atoms. The summed E-state index contributed by atoms with van der Waals surface area (Å²) in [6.45, 7) is 1.67. The van der Waals surface area contributed by atoms with Gasteiger partial charge in [0.05, 0.1) is 6.33 Å². The lowest BCUT2D eigenvalue weighted by atomic mass is 9.97. The van der Waals surface area contributed by atoms with Crippen molar-refractivity contribution in [3.63, 3.8) is 0 Å². The average Bonchev–Trinajstić information content (AvgIpc) is 2.57. The quantitative estimate of drug-likeness (QED) is 0.855. The zero-order valence-corrected chi connectivity index (χ0v) is 12.8. The van der Waals surface area contributed by atoms with E-state index in [4.69, 9.17) is 0 Å². The smallest absolute Gasteiger partial charge is 0.341 e. The summed E-state index contributed by atoms with van der Waals surface area (Å²) >= 11 is 0. The summed E-state index contributed by atoms with van der Waals surface area (Å²) in [5, 5.41) is 0. The number of aromatic nitrogens is 4. The lowest BCUT2D eigenvalue weighted by Gasteiger charge is -2.32. The van der Waals surface area contributed by atoms with E-state index in [-0.39, 0.29) is 17.4 Å². The first-order chi connectivity index (χ1) is 11.4. The summed E-state index contributed by atoms with van der Waals surface area (Å²) in [4.78, 5) is 24.9. The van der Waals surface area contributed by atoms with Crippen LogP contribution < -0.4 is 10.5 Å². The van der Waals surface area contributed by atoms with Gasteiger partial charge in [0.25, 0.3) is 5.56 Å². The first-order valence-corrected chi connectivity index (χ1v) is 7.59. The predicted molar refractivity (Wildman–Crippen MR) is 80.5 cm³/mol. The van der Waals surface area contributed by atoms with E-state index in [2.05, 4.69) is 15.0 Å². The summed E-state index contributed by atoms with van der Waals surface area (Å²) in [6, 6.07) is 2.27. The monoisotopic (exact) mass is 339 g/mol. The fourth-order valence-corrected chi connectivity index (χ4v) is 2.77. The molecule has 6 nitrogen and oxygen atoms in total. The van der Waals surface area contributed by atoms with Crippen molar-refractivity contribution in [3.05, 3.63) is 46.9 Å². The second kappa shape index (κ2) is 6.58. The number of hydrogen-bond donors (Lipinski definition) is 0. The van der Waals surface area contributed by atoms with Gasteiger partial charge in [0, 0.05) is 38.1 Å². The van der Waals surface area contributed by atoms with Gasteiger partial charge in [0.15, 0.2) is 0 Å². The molecule has 0 bridgehead atoms. The SMILES string of the molecule is O=c1ccncn1CC1CCN(c2nccc(C(F)(F)F)n2)CC1. The highest BCUT2D eigenvalue weighted by atomic mass is 19.4. The summed E-state index contributed by atoms with van der Waals surface area (Å²) in [7, 11) is 0. The van der Waals surface area contributed by atoms with E-state index in [1.807, 2.05) is 0 Å². The normalized spacial score (nSPS) is 16.4. The summed E-state index contributed by atoms with van der Waals surface area (Å²) in [6.07, 6.45) is 1.11. The summed E-state index contributed by atoms with van der Waals surface area (Å²) < 4.78 is 39.7. The van der Waals surface area contributed by atoms with Gasteiger partial charge in [0.2, 0.25) is 5.95 Å². The van der Waals surface area contributed by atoms with Crippen LogP contribution >= 0.6 is 0 Å². The van der Waals surface area contributed by atoms with E-state index in [1.54, 1.807) is 9.47 Å². The molecule has 0 N–H and O–H groups in total. The molecule has 0 spiro atoms. The third-order valence-electron chi connectivity index (χ3n) is 4.08. The predicted octanol–water partition coefficient (Wildman–Crippen LogP) is 1.97. The van der Waals surface area contributed by atoms with Crippen molar-refractivity contribution in [2.24, 2.45) is 5.92 Å². The molecule has 128 valence electrons. The number of rotatable bonds is 3. The summed E-state index contributed by atoms with van der Waals surface area (Å²) in [5.74, 6) is 0.371. The van der Waals surface area contributed by atoms with Crippen molar-refractivity contribution < 1.29 is 13.2 Å². The molecule has 1 saturated heterocycles. The Balaban J connectivity index is 1.63. The van der Waals surface area contributed by atoms with E-state index >= 15 is 0 Å². The Hall–Kier alpha value is -2.45. The highest BCUT2D eigenvalue weighted by Gasteiger charge is 2.33. The second-order valence-corrected chi connectivity index (χ2v) is 5.74. The maximum Gasteiger partial charge on any atom is 0.433 e. The minimum absolute atomic E-state index is 0.0989. The van der Waals surface area contributed by atoms with Crippen LogP contribution in [0.3, 0.4) is 0 Å². The lowest BCUT2D eigenvalue weighted by Crippen LogP contribution is -2.37. The third kappa shape index (κ3) is 3.72. The molecule has 0 radical (unpaired) electrons. The van der Waals surface area contributed by atoms with E-state index in [9.17, 15) is 18.0 Å². The highest BCUT2D eigenvalue weighted by Crippen LogP contribution is 2.29. The van der Waals surface area contributed by atoms with Crippen LogP contribution in [-0.4, -0.2) is 32.6 Å². The van der Waals surface area contributed by atoms with Crippen molar-refractivity contribution >= 4 is 5.95 Å². The number of piperidine rings is 1. The zero-order chi connectivity index (χ0) is 17.2. The Morgan fingerprint density at radius 1 is 1.17 bits per heavy atom. The molecule has 0 atom stereocenters. The van der Waals surface area contributed by atoms with Crippen LogP contribution in [0, 0.1) is 5.92 Å². The molecule has 1 aliphatic heterocycles. The average molecular weight is 339 g/mol. The van der Waals surface area contributed by atoms with Gasteiger partial charge in [-0.15, -0.1) is 0 Å². The van der Waals surface area contributed by atoms with Gasteiger partial charge in [-0.25, -0.2) is 15.0 Å². The zero-order valence-electron chi connectivity index (χ0n) is 12.8. The molecule has 0 saturated carbocycles. The van der Waals surface area contributed by atoms with Crippen molar-refractivity contribution in [2.75, 3.05) is 18.0 Å². The van der Waals surface area contributed by atoms with E-state index in [1.165, 1.54) is 18.6 Å². The van der Waals surface area contributed by atoms with Gasteiger partial charge in [-0.1, -0.05) is 0 Å². The van der Waals surface area contributed by atoms with E-state index in [0.29, 0.717) is 19.6 Å². The minimum atomic E-state index is -4.47. The number of halogens is 3. The second-order valence-electron chi connectivity index (χ2n) is 5.74. The van der Waals surface area contributed by atoms with Crippen molar-refractivity contribution in [1.29, 1.82) is 0 Å². The standard InChI is InChI=1S/C15H16F3N5O/c16-15(17,18)12-1-6-20-14(21-12)22-7-3-11(4-8-22)9-23-10-19-5-2-13(23)24/h1-2,5-6,10-11H,3-4,7-9H2. The molecule has 1 aliphatic rings. The highest BCUT2D eigenvalue weighted by molar-refractivity contribution is 5.31. The fraction of sp³-hybridized carbons (Fsp3) is 0.467. The molecule has 0 aromatic carbocycles. The Morgan fingerprint density at radius 3 is 2.58 bits per heavy atom. The van der Waals surface area contributed by atoms with Crippen LogP contribution in [0.1, 0.15) is 18.5 Å². The summed E-state index contributed by atoms with van der Waals surface area (Å²) in [5.41, 5.74) is -1.04. The van der Waals surface area contributed by atoms with Crippen molar-refractivity contribution in [1.82, 2.24) is 19.5 Å². The van der Waals surface area contributed by atoms with Crippen LogP contribution in [0.15, 0.2) is 35.6 Å². The van der Waals surface area contributed by atoms with Gasteiger partial charge in [-0.2, -0.15) is 13.2 Å². The lowest BCUT2D eigenvalue weighted by molar-refractivity contribution is -0.141. The molecule has 3 heterocycles. The minimum Gasteiger partial charge on any atom is -0.341 e. The molecule has 0 aliphatic carbocycles. The molecule has 0 unspecified atom stereocenters. The first kappa shape index (κ1) is 16.4. The number of anilines is 1. The maximum absolute atomic E-state index is 12.7. The topological polar surface area (TPSA) is 63.9 Å². The Morgan fingerprint density at radius 2 is 1.92 bits per heavy atom. The third-order valence-corrected chi connectivity index (χ3v) is 4.08. The Labute approximate surface area is 136 Å².